The van der Waals surface area contributed by atoms with Gasteiger partial charge in [0.2, 0.25) is 11.8 Å². The molecule has 1 atom stereocenters. The number of amides is 2. The van der Waals surface area contributed by atoms with Crippen LogP contribution in [-0.2, 0) is 29.0 Å². The van der Waals surface area contributed by atoms with E-state index < -0.39 is 6.04 Å². The molecule has 2 amide bonds. The van der Waals surface area contributed by atoms with Crippen LogP contribution in [0, 0.1) is 5.82 Å². The molecule has 0 fully saturated rings. The number of benzene rings is 3. The fraction of sp³-hybridized carbons (Fsp3) is 0.286. The topological polar surface area (TPSA) is 49.4 Å². The summed E-state index contributed by atoms with van der Waals surface area (Å²) in [5.41, 5.74) is 2.28. The molecule has 0 saturated carbocycles. The predicted molar refractivity (Wildman–Crippen MR) is 139 cm³/mol. The van der Waals surface area contributed by atoms with E-state index in [4.69, 9.17) is 23.2 Å². The molecule has 7 heteroatoms. The highest BCUT2D eigenvalue weighted by Crippen LogP contribution is 2.23. The molecule has 35 heavy (non-hydrogen) atoms. The summed E-state index contributed by atoms with van der Waals surface area (Å²) in [6, 6.07) is 19.8. The van der Waals surface area contributed by atoms with Crippen molar-refractivity contribution in [1.82, 2.24) is 10.2 Å². The van der Waals surface area contributed by atoms with Gasteiger partial charge in [-0.15, -0.1) is 0 Å². The molecular formula is C28H29Cl2FN2O2. The summed E-state index contributed by atoms with van der Waals surface area (Å²) in [4.78, 5) is 28.6. The summed E-state index contributed by atoms with van der Waals surface area (Å²) in [6.07, 6.45) is 2.14. The van der Waals surface area contributed by atoms with Crippen molar-refractivity contribution in [3.8, 4) is 0 Å². The van der Waals surface area contributed by atoms with Gasteiger partial charge in [-0.05, 0) is 47.4 Å². The Balaban J connectivity index is 1.95. The molecule has 0 aliphatic rings. The Morgan fingerprint density at radius 2 is 1.69 bits per heavy atom. The number of nitrogens with zero attached hydrogens (tertiary/aromatic N) is 1. The Morgan fingerprint density at radius 1 is 0.971 bits per heavy atom. The second-order valence-electron chi connectivity index (χ2n) is 8.41. The molecule has 4 nitrogen and oxygen atoms in total. The lowest BCUT2D eigenvalue weighted by atomic mass is 10.0. The van der Waals surface area contributed by atoms with Crippen molar-refractivity contribution >= 4 is 35.0 Å². The SMILES string of the molecule is CCCCNC(=O)[C@H](Cc1ccccc1)N(Cc1ccc(F)cc1)C(=O)Cc1ccc(Cl)cc1Cl. The third-order valence-electron chi connectivity index (χ3n) is 5.72. The van der Waals surface area contributed by atoms with E-state index >= 15 is 0 Å². The van der Waals surface area contributed by atoms with Gasteiger partial charge < -0.3 is 10.2 Å². The van der Waals surface area contributed by atoms with Crippen LogP contribution in [-0.4, -0.2) is 29.3 Å². The minimum absolute atomic E-state index is 0.00469. The number of hydrogen-bond donors (Lipinski definition) is 1. The van der Waals surface area contributed by atoms with Crippen molar-refractivity contribution in [3.63, 3.8) is 0 Å². The molecule has 0 saturated heterocycles. The Morgan fingerprint density at radius 3 is 2.34 bits per heavy atom. The first kappa shape index (κ1) is 26.7. The lowest BCUT2D eigenvalue weighted by Gasteiger charge is -2.32. The summed E-state index contributed by atoms with van der Waals surface area (Å²) in [6.45, 7) is 2.74. The molecule has 0 spiro atoms. The van der Waals surface area contributed by atoms with E-state index in [0.717, 1.165) is 24.0 Å². The highest BCUT2D eigenvalue weighted by molar-refractivity contribution is 6.35. The Kier molecular flexibility index (Phi) is 10.1. The van der Waals surface area contributed by atoms with E-state index in [0.29, 0.717) is 28.6 Å². The molecule has 0 aromatic heterocycles. The number of rotatable bonds is 11. The molecule has 3 aromatic rings. The number of carbonyl (C=O) groups is 2. The van der Waals surface area contributed by atoms with E-state index in [1.807, 2.05) is 37.3 Å². The van der Waals surface area contributed by atoms with Crippen LogP contribution in [0.25, 0.3) is 0 Å². The predicted octanol–water partition coefficient (Wildman–Crippen LogP) is 6.23. The van der Waals surface area contributed by atoms with Crippen LogP contribution in [0.4, 0.5) is 4.39 Å². The van der Waals surface area contributed by atoms with Crippen LogP contribution < -0.4 is 5.32 Å². The number of carbonyl (C=O) groups excluding carboxylic acids is 2. The molecule has 0 heterocycles. The van der Waals surface area contributed by atoms with Gasteiger partial charge in [-0.1, -0.05) is 85.1 Å². The zero-order chi connectivity index (χ0) is 25.2. The summed E-state index contributed by atoms with van der Waals surface area (Å²) in [5.74, 6) is -0.845. The van der Waals surface area contributed by atoms with Gasteiger partial charge in [-0.3, -0.25) is 9.59 Å². The van der Waals surface area contributed by atoms with E-state index in [9.17, 15) is 14.0 Å². The van der Waals surface area contributed by atoms with E-state index in [1.54, 1.807) is 35.2 Å². The van der Waals surface area contributed by atoms with Crippen LogP contribution in [0.1, 0.15) is 36.5 Å². The fourth-order valence-electron chi connectivity index (χ4n) is 3.78. The fourth-order valence-corrected chi connectivity index (χ4v) is 4.25. The van der Waals surface area contributed by atoms with Crippen molar-refractivity contribution in [1.29, 1.82) is 0 Å². The molecule has 0 aliphatic heterocycles. The molecule has 0 bridgehead atoms. The molecule has 1 N–H and O–H groups in total. The quantitative estimate of drug-likeness (QED) is 0.308. The second-order valence-corrected chi connectivity index (χ2v) is 9.25. The first-order chi connectivity index (χ1) is 16.9. The van der Waals surface area contributed by atoms with Crippen molar-refractivity contribution < 1.29 is 14.0 Å². The van der Waals surface area contributed by atoms with Gasteiger partial charge in [0.05, 0.1) is 6.42 Å². The number of nitrogens with one attached hydrogen (secondary N) is 1. The standard InChI is InChI=1S/C28H29Cl2FN2O2/c1-2-3-15-32-28(35)26(16-20-7-5-4-6-8-20)33(19-21-9-13-24(31)14-10-21)27(34)17-22-11-12-23(29)18-25(22)30/h4-14,18,26H,2-3,15-17,19H2,1H3,(H,32,35)/t26-/m0/s1. The highest BCUT2D eigenvalue weighted by atomic mass is 35.5. The average molecular weight is 515 g/mol. The second kappa shape index (κ2) is 13.3. The van der Waals surface area contributed by atoms with Gasteiger partial charge in [0.25, 0.3) is 0 Å². The van der Waals surface area contributed by atoms with E-state index in [2.05, 4.69) is 5.32 Å². The maximum atomic E-state index is 13.7. The first-order valence-corrected chi connectivity index (χ1v) is 12.4. The monoisotopic (exact) mass is 514 g/mol. The van der Waals surface area contributed by atoms with Gasteiger partial charge >= 0.3 is 0 Å². The summed E-state index contributed by atoms with van der Waals surface area (Å²) < 4.78 is 13.5. The summed E-state index contributed by atoms with van der Waals surface area (Å²) in [5, 5.41) is 3.85. The minimum atomic E-state index is -0.752. The van der Waals surface area contributed by atoms with Crippen molar-refractivity contribution in [2.75, 3.05) is 6.54 Å². The lowest BCUT2D eigenvalue weighted by Crippen LogP contribution is -2.51. The molecule has 3 aromatic carbocycles. The summed E-state index contributed by atoms with van der Waals surface area (Å²) in [7, 11) is 0. The van der Waals surface area contributed by atoms with Crippen molar-refractivity contribution in [2.45, 2.75) is 45.2 Å². The maximum absolute atomic E-state index is 13.7. The van der Waals surface area contributed by atoms with Gasteiger partial charge in [0.1, 0.15) is 11.9 Å². The number of halogens is 3. The lowest BCUT2D eigenvalue weighted by molar-refractivity contribution is -0.140. The molecule has 0 unspecified atom stereocenters. The Labute approximate surface area is 216 Å². The third kappa shape index (κ3) is 8.08. The Hall–Kier alpha value is -2.89. The van der Waals surface area contributed by atoms with Crippen LogP contribution in [0.15, 0.2) is 72.8 Å². The van der Waals surface area contributed by atoms with Gasteiger partial charge in [-0.25, -0.2) is 4.39 Å². The molecular weight excluding hydrogens is 486 g/mol. The molecule has 3 rings (SSSR count). The van der Waals surface area contributed by atoms with Crippen LogP contribution in [0.3, 0.4) is 0 Å². The largest absolute Gasteiger partial charge is 0.354 e. The molecule has 184 valence electrons. The van der Waals surface area contributed by atoms with Gasteiger partial charge in [0, 0.05) is 29.6 Å². The van der Waals surface area contributed by atoms with Crippen LogP contribution in [0.5, 0.6) is 0 Å². The summed E-state index contributed by atoms with van der Waals surface area (Å²) >= 11 is 12.4. The smallest absolute Gasteiger partial charge is 0.243 e. The number of hydrogen-bond acceptors (Lipinski definition) is 2. The van der Waals surface area contributed by atoms with Crippen molar-refractivity contribution in [2.24, 2.45) is 0 Å². The molecule has 0 aliphatic carbocycles. The van der Waals surface area contributed by atoms with Gasteiger partial charge in [-0.2, -0.15) is 0 Å². The van der Waals surface area contributed by atoms with Crippen LogP contribution in [0.2, 0.25) is 10.0 Å². The van der Waals surface area contributed by atoms with E-state index in [1.165, 1.54) is 12.1 Å². The van der Waals surface area contributed by atoms with Crippen LogP contribution >= 0.6 is 23.2 Å². The average Bonchev–Trinajstić information content (AvgIpc) is 2.85. The Bertz CT molecular complexity index is 1120. The zero-order valence-electron chi connectivity index (χ0n) is 19.6. The number of unbranched alkanes of at least 4 members (excludes halogenated alkanes) is 1. The minimum Gasteiger partial charge on any atom is -0.354 e. The normalized spacial score (nSPS) is 11.7. The first-order valence-electron chi connectivity index (χ1n) is 11.7. The highest BCUT2D eigenvalue weighted by Gasteiger charge is 2.30. The van der Waals surface area contributed by atoms with Gasteiger partial charge in [0.15, 0.2) is 0 Å². The molecule has 0 radical (unpaired) electrons. The zero-order valence-corrected chi connectivity index (χ0v) is 21.2. The van der Waals surface area contributed by atoms with Crippen molar-refractivity contribution in [3.05, 3.63) is 105 Å². The van der Waals surface area contributed by atoms with E-state index in [-0.39, 0.29) is 30.6 Å². The maximum Gasteiger partial charge on any atom is 0.243 e. The third-order valence-corrected chi connectivity index (χ3v) is 6.31.